The van der Waals surface area contributed by atoms with Crippen LogP contribution in [0.1, 0.15) is 25.3 Å². The topological polar surface area (TPSA) is 12.5 Å². The first-order valence-electron chi connectivity index (χ1n) is 7.18. The quantitative estimate of drug-likeness (QED) is 0.671. The molecule has 0 radical (unpaired) electrons. The first kappa shape index (κ1) is 16.2. The van der Waals surface area contributed by atoms with Gasteiger partial charge in [-0.1, -0.05) is 37.6 Å². The molecule has 0 atom stereocenters. The fourth-order valence-electron chi connectivity index (χ4n) is 1.98. The number of hydrogen-bond acceptors (Lipinski definition) is 2. The summed E-state index contributed by atoms with van der Waals surface area (Å²) < 4.78 is 38.6. The van der Waals surface area contributed by atoms with Gasteiger partial charge in [0.15, 0.2) is 5.75 Å². The third-order valence-corrected chi connectivity index (χ3v) is 3.14. The third kappa shape index (κ3) is 4.41. The molecule has 0 aliphatic carbocycles. The summed E-state index contributed by atoms with van der Waals surface area (Å²) in [4.78, 5) is 5.74. The lowest BCUT2D eigenvalue weighted by molar-refractivity contribution is -0.137. The van der Waals surface area contributed by atoms with Crippen molar-refractivity contribution in [2.45, 2.75) is 25.9 Å². The van der Waals surface area contributed by atoms with E-state index >= 15 is 0 Å². The van der Waals surface area contributed by atoms with E-state index in [0.717, 1.165) is 25.0 Å². The van der Waals surface area contributed by atoms with E-state index in [0.29, 0.717) is 18.0 Å². The summed E-state index contributed by atoms with van der Waals surface area (Å²) in [6, 6.07) is 14.2. The Morgan fingerprint density at radius 2 is 1.73 bits per heavy atom. The Hall–Kier alpha value is -2.17. The smallest absolute Gasteiger partial charge is 0.380 e. The molecule has 0 heterocycles. The molecule has 0 bridgehead atoms. The molecule has 2 rings (SSSR count). The molecule has 0 unspecified atom stereocenters. The fourth-order valence-corrected chi connectivity index (χ4v) is 1.98. The highest BCUT2D eigenvalue weighted by Crippen LogP contribution is 2.32. The number of hydroxylamine groups is 1. The van der Waals surface area contributed by atoms with Crippen LogP contribution in [-0.2, 0) is 6.18 Å². The summed E-state index contributed by atoms with van der Waals surface area (Å²) in [6.45, 7) is 2.54. The van der Waals surface area contributed by atoms with Crippen LogP contribution in [-0.4, -0.2) is 6.54 Å². The van der Waals surface area contributed by atoms with Gasteiger partial charge in [0.1, 0.15) is 0 Å². The van der Waals surface area contributed by atoms with Crippen molar-refractivity contribution in [2.24, 2.45) is 0 Å². The van der Waals surface area contributed by atoms with Gasteiger partial charge < -0.3 is 4.84 Å². The van der Waals surface area contributed by atoms with Crippen LogP contribution >= 0.6 is 0 Å². The standard InChI is InChI=1S/C17H18F3NO/c1-2-3-12-21(22-16-10-5-4-6-11-16)15-9-7-8-14(13-15)17(18,19)20/h4-11,13H,2-3,12H2,1H3. The van der Waals surface area contributed by atoms with E-state index in [-0.39, 0.29) is 0 Å². The second-order valence-electron chi connectivity index (χ2n) is 4.91. The average molecular weight is 309 g/mol. The average Bonchev–Trinajstić information content (AvgIpc) is 2.52. The molecule has 0 aliphatic heterocycles. The summed E-state index contributed by atoms with van der Waals surface area (Å²) >= 11 is 0. The summed E-state index contributed by atoms with van der Waals surface area (Å²) in [7, 11) is 0. The van der Waals surface area contributed by atoms with Crippen molar-refractivity contribution in [3.05, 3.63) is 60.2 Å². The molecule has 0 amide bonds. The summed E-state index contributed by atoms with van der Waals surface area (Å²) in [5.41, 5.74) is -0.282. The number of halogens is 3. The molecule has 0 N–H and O–H groups in total. The minimum absolute atomic E-state index is 0.395. The van der Waals surface area contributed by atoms with Gasteiger partial charge in [-0.2, -0.15) is 13.2 Å². The fraction of sp³-hybridized carbons (Fsp3) is 0.294. The number of alkyl halides is 3. The van der Waals surface area contributed by atoms with Crippen LogP contribution in [0.15, 0.2) is 54.6 Å². The zero-order valence-corrected chi connectivity index (χ0v) is 12.3. The number of rotatable bonds is 6. The van der Waals surface area contributed by atoms with Crippen molar-refractivity contribution >= 4 is 5.69 Å². The van der Waals surface area contributed by atoms with Gasteiger partial charge in [-0.3, -0.25) is 0 Å². The number of para-hydroxylation sites is 1. The number of hydrogen-bond donors (Lipinski definition) is 0. The second-order valence-corrected chi connectivity index (χ2v) is 4.91. The van der Waals surface area contributed by atoms with E-state index in [1.54, 1.807) is 18.2 Å². The van der Waals surface area contributed by atoms with Crippen molar-refractivity contribution in [2.75, 3.05) is 11.6 Å². The van der Waals surface area contributed by atoms with Crippen LogP contribution in [0, 0.1) is 0 Å². The molecule has 118 valence electrons. The van der Waals surface area contributed by atoms with E-state index in [9.17, 15) is 13.2 Å². The summed E-state index contributed by atoms with van der Waals surface area (Å²) in [6.07, 6.45) is -2.62. The first-order valence-corrected chi connectivity index (χ1v) is 7.18. The van der Waals surface area contributed by atoms with Gasteiger partial charge in [-0.15, -0.1) is 0 Å². The minimum atomic E-state index is -4.36. The van der Waals surface area contributed by atoms with Gasteiger partial charge >= 0.3 is 6.18 Å². The predicted octanol–water partition coefficient (Wildman–Crippen LogP) is 5.31. The van der Waals surface area contributed by atoms with Gasteiger partial charge in [0.25, 0.3) is 0 Å². The lowest BCUT2D eigenvalue weighted by Gasteiger charge is -2.25. The zero-order chi connectivity index (χ0) is 16.0. The summed E-state index contributed by atoms with van der Waals surface area (Å²) in [5, 5.41) is 1.51. The largest absolute Gasteiger partial charge is 0.416 e. The van der Waals surface area contributed by atoms with Crippen LogP contribution in [0.5, 0.6) is 5.75 Å². The highest BCUT2D eigenvalue weighted by atomic mass is 19.4. The van der Waals surface area contributed by atoms with Crippen molar-refractivity contribution < 1.29 is 18.0 Å². The van der Waals surface area contributed by atoms with Crippen LogP contribution in [0.3, 0.4) is 0 Å². The van der Waals surface area contributed by atoms with Crippen molar-refractivity contribution in [3.63, 3.8) is 0 Å². The molecule has 2 aromatic rings. The molecule has 5 heteroatoms. The lowest BCUT2D eigenvalue weighted by Crippen LogP contribution is -2.28. The molecule has 0 fully saturated rings. The molecule has 22 heavy (non-hydrogen) atoms. The minimum Gasteiger partial charge on any atom is -0.380 e. The van der Waals surface area contributed by atoms with Gasteiger partial charge in [-0.05, 0) is 36.8 Å². The highest BCUT2D eigenvalue weighted by Gasteiger charge is 2.31. The number of benzene rings is 2. The maximum Gasteiger partial charge on any atom is 0.416 e. The molecule has 0 spiro atoms. The van der Waals surface area contributed by atoms with E-state index in [2.05, 4.69) is 0 Å². The van der Waals surface area contributed by atoms with E-state index in [4.69, 9.17) is 4.84 Å². The Morgan fingerprint density at radius 3 is 2.36 bits per heavy atom. The molecular weight excluding hydrogens is 291 g/mol. The number of unbranched alkanes of at least 4 members (excludes halogenated alkanes) is 1. The Morgan fingerprint density at radius 1 is 1.00 bits per heavy atom. The van der Waals surface area contributed by atoms with Crippen LogP contribution < -0.4 is 9.90 Å². The molecule has 2 aromatic carbocycles. The van der Waals surface area contributed by atoms with E-state index < -0.39 is 11.7 Å². The lowest BCUT2D eigenvalue weighted by atomic mass is 10.2. The first-order chi connectivity index (χ1) is 10.5. The maximum atomic E-state index is 12.9. The second kappa shape index (κ2) is 7.20. The highest BCUT2D eigenvalue weighted by molar-refractivity contribution is 5.48. The van der Waals surface area contributed by atoms with Crippen molar-refractivity contribution in [3.8, 4) is 5.75 Å². The maximum absolute atomic E-state index is 12.9. The number of nitrogens with zero attached hydrogens (tertiary/aromatic N) is 1. The van der Waals surface area contributed by atoms with Gasteiger partial charge in [-0.25, -0.2) is 5.06 Å². The van der Waals surface area contributed by atoms with Gasteiger partial charge in [0.05, 0.1) is 17.8 Å². The normalized spacial score (nSPS) is 11.3. The summed E-state index contributed by atoms with van der Waals surface area (Å²) in [5.74, 6) is 0.594. The monoisotopic (exact) mass is 309 g/mol. The van der Waals surface area contributed by atoms with Gasteiger partial charge in [0.2, 0.25) is 0 Å². The zero-order valence-electron chi connectivity index (χ0n) is 12.3. The van der Waals surface area contributed by atoms with E-state index in [1.165, 1.54) is 11.1 Å². The molecular formula is C17H18F3NO. The third-order valence-electron chi connectivity index (χ3n) is 3.14. The Labute approximate surface area is 128 Å². The predicted molar refractivity (Wildman–Crippen MR) is 80.8 cm³/mol. The molecule has 2 nitrogen and oxygen atoms in total. The molecule has 0 saturated heterocycles. The molecule has 0 aliphatic rings. The Bertz CT molecular complexity index is 584. The van der Waals surface area contributed by atoms with Crippen molar-refractivity contribution in [1.29, 1.82) is 0 Å². The Balaban J connectivity index is 2.25. The molecule has 0 saturated carbocycles. The van der Waals surface area contributed by atoms with Crippen LogP contribution in [0.25, 0.3) is 0 Å². The van der Waals surface area contributed by atoms with Crippen LogP contribution in [0.4, 0.5) is 18.9 Å². The van der Waals surface area contributed by atoms with Gasteiger partial charge in [0, 0.05) is 0 Å². The number of anilines is 1. The Kier molecular flexibility index (Phi) is 5.31. The van der Waals surface area contributed by atoms with Crippen molar-refractivity contribution in [1.82, 2.24) is 0 Å². The SMILES string of the molecule is CCCCN(Oc1ccccc1)c1cccc(C(F)(F)F)c1. The van der Waals surface area contributed by atoms with E-state index in [1.807, 2.05) is 25.1 Å². The molecule has 0 aromatic heterocycles. The van der Waals surface area contributed by atoms with Crippen LogP contribution in [0.2, 0.25) is 0 Å².